The molecule has 9 nitrogen and oxygen atoms in total. The largest absolute Gasteiger partial charge is 0.484 e. The Bertz CT molecular complexity index is 1450. The van der Waals surface area contributed by atoms with E-state index in [2.05, 4.69) is 12.2 Å². The predicted molar refractivity (Wildman–Crippen MR) is 155 cm³/mol. The summed E-state index contributed by atoms with van der Waals surface area (Å²) < 4.78 is 39.2. The van der Waals surface area contributed by atoms with Gasteiger partial charge in [-0.05, 0) is 67.1 Å². The summed E-state index contributed by atoms with van der Waals surface area (Å²) in [4.78, 5) is 27.9. The molecule has 2 aliphatic heterocycles. The maximum atomic E-state index is 13.3. The number of anilines is 1. The lowest BCUT2D eigenvalue weighted by molar-refractivity contribution is -0.128. The number of benzene rings is 3. The fourth-order valence-electron chi connectivity index (χ4n) is 5.00. The van der Waals surface area contributed by atoms with Gasteiger partial charge in [0.05, 0.1) is 17.1 Å². The lowest BCUT2D eigenvalue weighted by Gasteiger charge is -2.34. The van der Waals surface area contributed by atoms with Gasteiger partial charge in [0.2, 0.25) is 10.0 Å². The first-order valence-corrected chi connectivity index (χ1v) is 15.4. The van der Waals surface area contributed by atoms with Crippen molar-refractivity contribution in [3.05, 3.63) is 84.4 Å². The molecule has 2 amide bonds. The summed E-state index contributed by atoms with van der Waals surface area (Å²) in [5.41, 5.74) is 1.68. The van der Waals surface area contributed by atoms with E-state index in [1.165, 1.54) is 21.3 Å². The first-order chi connectivity index (χ1) is 19.8. The highest BCUT2D eigenvalue weighted by molar-refractivity contribution is 7.89. The number of piperidine rings is 1. The molecule has 41 heavy (non-hydrogen) atoms. The molecule has 0 unspecified atom stereocenters. The molecule has 0 aliphatic carbocycles. The molecule has 1 atom stereocenters. The van der Waals surface area contributed by atoms with Crippen LogP contribution in [0, 0.1) is 5.92 Å². The normalized spacial score (nSPS) is 17.8. The van der Waals surface area contributed by atoms with Crippen LogP contribution in [-0.4, -0.2) is 63.4 Å². The maximum Gasteiger partial charge on any atom is 0.265 e. The van der Waals surface area contributed by atoms with Crippen LogP contribution in [0.4, 0.5) is 5.69 Å². The molecule has 0 aromatic heterocycles. The summed E-state index contributed by atoms with van der Waals surface area (Å²) in [7, 11) is -3.57. The van der Waals surface area contributed by atoms with E-state index in [9.17, 15) is 18.0 Å². The number of hydrogen-bond acceptors (Lipinski definition) is 6. The Kier molecular flexibility index (Phi) is 8.90. The lowest BCUT2D eigenvalue weighted by Crippen LogP contribution is -2.52. The van der Waals surface area contributed by atoms with Gasteiger partial charge in [-0.2, -0.15) is 4.31 Å². The Hall–Kier alpha value is -3.89. The summed E-state index contributed by atoms with van der Waals surface area (Å²) in [6, 6.07) is 23.1. The van der Waals surface area contributed by atoms with Crippen molar-refractivity contribution in [3.63, 3.8) is 0 Å². The molecule has 1 fully saturated rings. The third-order valence-corrected chi connectivity index (χ3v) is 9.40. The summed E-state index contributed by atoms with van der Waals surface area (Å²) in [5, 5.41) is 2.91. The van der Waals surface area contributed by atoms with Crippen LogP contribution in [0.15, 0.2) is 83.8 Å². The van der Waals surface area contributed by atoms with E-state index in [4.69, 9.17) is 9.47 Å². The van der Waals surface area contributed by atoms with Crippen molar-refractivity contribution in [2.24, 2.45) is 5.92 Å². The zero-order chi connectivity index (χ0) is 28.8. The third-order valence-electron chi connectivity index (χ3n) is 7.49. The van der Waals surface area contributed by atoms with Crippen LogP contribution in [0.3, 0.4) is 0 Å². The Balaban J connectivity index is 1.19. The first kappa shape index (κ1) is 28.6. The fraction of sp³-hybridized carbons (Fsp3) is 0.355. The number of nitrogens with zero attached hydrogens (tertiary/aromatic N) is 2. The van der Waals surface area contributed by atoms with Crippen LogP contribution < -0.4 is 19.7 Å². The first-order valence-electron chi connectivity index (χ1n) is 13.9. The molecule has 3 aromatic rings. The van der Waals surface area contributed by atoms with Gasteiger partial charge in [0.25, 0.3) is 11.8 Å². The van der Waals surface area contributed by atoms with Crippen LogP contribution in [0.5, 0.6) is 11.5 Å². The number of nitrogens with one attached hydrogen (secondary N) is 1. The zero-order valence-corrected chi connectivity index (χ0v) is 23.9. The molecule has 1 N–H and O–H groups in total. The number of ether oxygens (including phenoxy) is 2. The topological polar surface area (TPSA) is 105 Å². The van der Waals surface area contributed by atoms with E-state index in [-0.39, 0.29) is 29.9 Å². The second kappa shape index (κ2) is 12.7. The Morgan fingerprint density at radius 1 is 0.951 bits per heavy atom. The number of sulfonamides is 1. The van der Waals surface area contributed by atoms with Gasteiger partial charge in [-0.1, -0.05) is 49.4 Å². The van der Waals surface area contributed by atoms with Crippen molar-refractivity contribution in [1.82, 2.24) is 9.62 Å². The monoisotopic (exact) mass is 577 g/mol. The molecular weight excluding hydrogens is 542 g/mol. The van der Waals surface area contributed by atoms with Crippen molar-refractivity contribution in [2.75, 3.05) is 37.7 Å². The second-order valence-corrected chi connectivity index (χ2v) is 12.4. The van der Waals surface area contributed by atoms with Gasteiger partial charge >= 0.3 is 0 Å². The predicted octanol–water partition coefficient (Wildman–Crippen LogP) is 3.64. The minimum absolute atomic E-state index is 0.0437. The molecule has 216 valence electrons. The van der Waals surface area contributed by atoms with Crippen molar-refractivity contribution >= 4 is 27.5 Å². The molecule has 2 aliphatic rings. The molecule has 3 aromatic carbocycles. The molecule has 0 saturated carbocycles. The van der Waals surface area contributed by atoms with Crippen molar-refractivity contribution < 1.29 is 27.5 Å². The number of hydrogen-bond donors (Lipinski definition) is 1. The molecule has 0 radical (unpaired) electrons. The minimum atomic E-state index is -3.57. The number of para-hydroxylation sites is 2. The van der Waals surface area contributed by atoms with E-state index in [0.717, 1.165) is 18.4 Å². The molecular formula is C31H35N3O6S. The molecule has 5 rings (SSSR count). The van der Waals surface area contributed by atoms with Crippen LogP contribution in [-0.2, 0) is 26.0 Å². The summed E-state index contributed by atoms with van der Waals surface area (Å²) >= 11 is 0. The SMILES string of the molecule is CC1CCN(S(=O)(=O)c2ccc(OCC(=O)N3C[C@@H](C(=O)NCCc4ccccc4)Oc4ccccc43)cc2)CC1. The second-order valence-electron chi connectivity index (χ2n) is 10.5. The molecule has 0 bridgehead atoms. The summed E-state index contributed by atoms with van der Waals surface area (Å²) in [5.74, 6) is 0.701. The standard InChI is InChI=1S/C31H35N3O6S/c1-23-16-19-33(20-17-23)41(37,38)26-13-11-25(12-14-26)39-22-30(35)34-21-29(40-28-10-6-5-9-27(28)34)31(36)32-18-15-24-7-3-2-4-8-24/h2-14,23,29H,15-22H2,1H3,(H,32,36)/t29-/m0/s1. The van der Waals surface area contributed by atoms with Gasteiger partial charge in [-0.3, -0.25) is 9.59 Å². The highest BCUT2D eigenvalue weighted by atomic mass is 32.2. The number of carbonyl (C=O) groups is 2. The molecule has 10 heteroatoms. The number of carbonyl (C=O) groups excluding carboxylic acids is 2. The van der Waals surface area contributed by atoms with E-state index < -0.39 is 16.1 Å². The van der Waals surface area contributed by atoms with E-state index in [1.54, 1.807) is 36.4 Å². The van der Waals surface area contributed by atoms with Gasteiger partial charge in [-0.25, -0.2) is 8.42 Å². The summed E-state index contributed by atoms with van der Waals surface area (Å²) in [6.07, 6.45) is 1.52. The number of rotatable bonds is 9. The lowest BCUT2D eigenvalue weighted by atomic mass is 10.0. The average Bonchev–Trinajstić information content (AvgIpc) is 3.00. The molecule has 1 saturated heterocycles. The molecule has 0 spiro atoms. The van der Waals surface area contributed by atoms with Gasteiger partial charge in [0.15, 0.2) is 12.7 Å². The van der Waals surface area contributed by atoms with E-state index in [0.29, 0.717) is 49.2 Å². The van der Waals surface area contributed by atoms with Gasteiger partial charge in [0, 0.05) is 19.6 Å². The Morgan fingerprint density at radius 3 is 2.37 bits per heavy atom. The Morgan fingerprint density at radius 2 is 1.63 bits per heavy atom. The Labute approximate surface area is 241 Å². The maximum absolute atomic E-state index is 13.3. The van der Waals surface area contributed by atoms with E-state index >= 15 is 0 Å². The average molecular weight is 578 g/mol. The highest BCUT2D eigenvalue weighted by Crippen LogP contribution is 2.33. The smallest absolute Gasteiger partial charge is 0.265 e. The van der Waals surface area contributed by atoms with Gasteiger partial charge in [0.1, 0.15) is 11.5 Å². The third kappa shape index (κ3) is 6.89. The van der Waals surface area contributed by atoms with Gasteiger partial charge < -0.3 is 19.7 Å². The quantitative estimate of drug-likeness (QED) is 0.417. The van der Waals surface area contributed by atoms with Crippen molar-refractivity contribution in [3.8, 4) is 11.5 Å². The zero-order valence-electron chi connectivity index (χ0n) is 23.1. The van der Waals surface area contributed by atoms with Crippen LogP contribution in [0.1, 0.15) is 25.3 Å². The minimum Gasteiger partial charge on any atom is -0.484 e. The van der Waals surface area contributed by atoms with Crippen molar-refractivity contribution in [1.29, 1.82) is 0 Å². The fourth-order valence-corrected chi connectivity index (χ4v) is 6.47. The van der Waals surface area contributed by atoms with Crippen molar-refractivity contribution in [2.45, 2.75) is 37.2 Å². The number of fused-ring (bicyclic) bond motifs is 1. The van der Waals surface area contributed by atoms with Crippen LogP contribution >= 0.6 is 0 Å². The van der Waals surface area contributed by atoms with Crippen LogP contribution in [0.25, 0.3) is 0 Å². The van der Waals surface area contributed by atoms with Gasteiger partial charge in [-0.15, -0.1) is 0 Å². The highest BCUT2D eigenvalue weighted by Gasteiger charge is 2.34. The van der Waals surface area contributed by atoms with E-state index in [1.807, 2.05) is 30.3 Å². The van der Waals surface area contributed by atoms with Crippen LogP contribution in [0.2, 0.25) is 0 Å². The summed E-state index contributed by atoms with van der Waals surface area (Å²) in [6.45, 7) is 3.38. The molecule has 2 heterocycles. The number of amides is 2.